The molecule has 1 saturated heterocycles. The predicted molar refractivity (Wildman–Crippen MR) is 102 cm³/mol. The van der Waals surface area contributed by atoms with E-state index in [-0.39, 0.29) is 0 Å². The molecule has 1 unspecified atom stereocenters. The Kier molecular flexibility index (Phi) is 7.86. The Balaban J connectivity index is 1.84. The summed E-state index contributed by atoms with van der Waals surface area (Å²) in [5, 5.41) is 21.2. The minimum absolute atomic E-state index is 0.338. The van der Waals surface area contributed by atoms with E-state index in [2.05, 4.69) is 25.7 Å². The lowest BCUT2D eigenvalue weighted by Crippen LogP contribution is -2.48. The third kappa shape index (κ3) is 6.59. The number of aromatic nitrogens is 1. The average Bonchev–Trinajstić information content (AvgIpc) is 2.92. The zero-order chi connectivity index (χ0) is 19.0. The highest BCUT2D eigenvalue weighted by Crippen LogP contribution is 2.12. The van der Waals surface area contributed by atoms with Gasteiger partial charge in [-0.1, -0.05) is 5.16 Å². The smallest absolute Gasteiger partial charge is 0.191 e. The van der Waals surface area contributed by atoms with Crippen LogP contribution in [0.15, 0.2) is 9.52 Å². The van der Waals surface area contributed by atoms with E-state index < -0.39 is 5.60 Å². The highest BCUT2D eigenvalue weighted by Gasteiger charge is 2.25. The van der Waals surface area contributed by atoms with E-state index in [1.54, 1.807) is 0 Å². The first kappa shape index (κ1) is 20.7. The Morgan fingerprint density at radius 3 is 2.65 bits per heavy atom. The summed E-state index contributed by atoms with van der Waals surface area (Å²) in [6, 6.07) is 0. The summed E-state index contributed by atoms with van der Waals surface area (Å²) in [4.78, 5) is 6.78. The van der Waals surface area contributed by atoms with E-state index in [4.69, 9.17) is 9.26 Å². The number of guanidine groups is 1. The molecule has 1 atom stereocenters. The van der Waals surface area contributed by atoms with Crippen LogP contribution in [0.5, 0.6) is 0 Å². The van der Waals surface area contributed by atoms with Crippen molar-refractivity contribution < 1.29 is 14.4 Å². The fourth-order valence-corrected chi connectivity index (χ4v) is 3.05. The number of nitrogens with zero attached hydrogens (tertiary/aromatic N) is 3. The molecule has 0 amide bonds. The molecule has 1 aromatic rings. The number of hydrogen-bond acceptors (Lipinski definition) is 6. The van der Waals surface area contributed by atoms with Gasteiger partial charge in [-0.3, -0.25) is 9.89 Å². The first-order valence-corrected chi connectivity index (χ1v) is 9.37. The van der Waals surface area contributed by atoms with Gasteiger partial charge in [0.15, 0.2) is 5.96 Å². The predicted octanol–water partition coefficient (Wildman–Crippen LogP) is 0.472. The maximum Gasteiger partial charge on any atom is 0.191 e. The average molecular weight is 367 g/mol. The normalized spacial score (nSPS) is 18.6. The number of aliphatic imine (C=N–C) groups is 1. The van der Waals surface area contributed by atoms with Crippen molar-refractivity contribution in [2.75, 3.05) is 52.5 Å². The minimum atomic E-state index is -0.874. The van der Waals surface area contributed by atoms with Crippen molar-refractivity contribution in [3.05, 3.63) is 17.0 Å². The van der Waals surface area contributed by atoms with Gasteiger partial charge in [0.25, 0.3) is 0 Å². The van der Waals surface area contributed by atoms with Crippen LogP contribution in [-0.2, 0) is 11.2 Å². The summed E-state index contributed by atoms with van der Waals surface area (Å²) in [5.41, 5.74) is 1.19. The maximum atomic E-state index is 10.7. The first-order chi connectivity index (χ1) is 12.4. The Labute approximate surface area is 156 Å². The summed E-state index contributed by atoms with van der Waals surface area (Å²) in [6.45, 7) is 13.3. The van der Waals surface area contributed by atoms with E-state index in [0.29, 0.717) is 19.0 Å². The van der Waals surface area contributed by atoms with Crippen LogP contribution in [0.2, 0.25) is 0 Å². The van der Waals surface area contributed by atoms with Crippen LogP contribution in [0.3, 0.4) is 0 Å². The lowest BCUT2D eigenvalue weighted by molar-refractivity contribution is -0.0179. The lowest BCUT2D eigenvalue weighted by Gasteiger charge is -2.33. The van der Waals surface area contributed by atoms with Crippen molar-refractivity contribution in [1.29, 1.82) is 0 Å². The molecule has 1 fully saturated rings. The second kappa shape index (κ2) is 9.89. The molecule has 2 rings (SSSR count). The zero-order valence-electron chi connectivity index (χ0n) is 16.5. The second-order valence-corrected chi connectivity index (χ2v) is 7.06. The van der Waals surface area contributed by atoms with Gasteiger partial charge < -0.3 is 25.0 Å². The molecule has 26 heavy (non-hydrogen) atoms. The second-order valence-electron chi connectivity index (χ2n) is 7.06. The van der Waals surface area contributed by atoms with Gasteiger partial charge in [0, 0.05) is 38.3 Å². The molecule has 3 N–H and O–H groups in total. The number of morpholine rings is 1. The van der Waals surface area contributed by atoms with Crippen LogP contribution in [0.4, 0.5) is 0 Å². The van der Waals surface area contributed by atoms with Crippen molar-refractivity contribution in [1.82, 2.24) is 20.7 Å². The van der Waals surface area contributed by atoms with Crippen molar-refractivity contribution in [2.24, 2.45) is 4.99 Å². The number of aliphatic hydroxyl groups is 1. The van der Waals surface area contributed by atoms with Gasteiger partial charge >= 0.3 is 0 Å². The molecule has 8 nitrogen and oxygen atoms in total. The third-order valence-electron chi connectivity index (χ3n) is 4.44. The Morgan fingerprint density at radius 2 is 2.04 bits per heavy atom. The molecule has 1 aromatic heterocycles. The van der Waals surface area contributed by atoms with E-state index >= 15 is 0 Å². The van der Waals surface area contributed by atoms with Crippen LogP contribution in [0.1, 0.15) is 30.9 Å². The number of hydrogen-bond donors (Lipinski definition) is 3. The molecule has 0 radical (unpaired) electrons. The van der Waals surface area contributed by atoms with Crippen molar-refractivity contribution in [2.45, 2.75) is 39.7 Å². The van der Waals surface area contributed by atoms with Crippen molar-refractivity contribution in [3.63, 3.8) is 0 Å². The monoisotopic (exact) mass is 367 g/mol. The highest BCUT2D eigenvalue weighted by molar-refractivity contribution is 5.79. The standard InChI is InChI=1S/C18H33N5O3/c1-5-19-17(20-7-6-16-14(2)22-26-15(16)3)21-12-18(4,24)13-23-8-10-25-11-9-23/h24H,5-13H2,1-4H3,(H2,19,20,21). The van der Waals surface area contributed by atoms with Crippen LogP contribution in [0.25, 0.3) is 0 Å². The van der Waals surface area contributed by atoms with Gasteiger partial charge in [-0.15, -0.1) is 0 Å². The van der Waals surface area contributed by atoms with E-state index in [0.717, 1.165) is 62.8 Å². The van der Waals surface area contributed by atoms with Crippen molar-refractivity contribution in [3.8, 4) is 0 Å². The summed E-state index contributed by atoms with van der Waals surface area (Å²) < 4.78 is 10.5. The topological polar surface area (TPSA) is 95.2 Å². The van der Waals surface area contributed by atoms with Gasteiger partial charge in [-0.2, -0.15) is 0 Å². The number of ether oxygens (including phenoxy) is 1. The molecular formula is C18H33N5O3. The Hall–Kier alpha value is -1.64. The fraction of sp³-hybridized carbons (Fsp3) is 0.778. The summed E-state index contributed by atoms with van der Waals surface area (Å²) >= 11 is 0. The summed E-state index contributed by atoms with van der Waals surface area (Å²) in [5.74, 6) is 1.57. The van der Waals surface area contributed by atoms with Crippen LogP contribution in [0, 0.1) is 13.8 Å². The van der Waals surface area contributed by atoms with Crippen LogP contribution in [-0.4, -0.2) is 79.2 Å². The highest BCUT2D eigenvalue weighted by atomic mass is 16.5. The lowest BCUT2D eigenvalue weighted by atomic mass is 10.1. The third-order valence-corrected chi connectivity index (χ3v) is 4.44. The Bertz CT molecular complexity index is 560. The quantitative estimate of drug-likeness (QED) is 0.454. The van der Waals surface area contributed by atoms with Gasteiger partial charge in [-0.25, -0.2) is 0 Å². The van der Waals surface area contributed by atoms with Gasteiger partial charge in [0.05, 0.1) is 31.1 Å². The summed E-state index contributed by atoms with van der Waals surface area (Å²) in [6.07, 6.45) is 0.815. The van der Waals surface area contributed by atoms with Crippen LogP contribution < -0.4 is 10.6 Å². The summed E-state index contributed by atoms with van der Waals surface area (Å²) in [7, 11) is 0. The number of β-amino-alcohol motifs (C(OH)–C–C–N with tert-alkyl or cyclic N) is 1. The van der Waals surface area contributed by atoms with E-state index in [1.807, 2.05) is 27.7 Å². The number of nitrogens with one attached hydrogen (secondary N) is 2. The molecule has 148 valence electrons. The van der Waals surface area contributed by atoms with Crippen LogP contribution >= 0.6 is 0 Å². The fourth-order valence-electron chi connectivity index (χ4n) is 3.05. The van der Waals surface area contributed by atoms with E-state index in [9.17, 15) is 5.11 Å². The molecule has 1 aliphatic rings. The first-order valence-electron chi connectivity index (χ1n) is 9.37. The molecule has 8 heteroatoms. The minimum Gasteiger partial charge on any atom is -0.387 e. The molecule has 2 heterocycles. The van der Waals surface area contributed by atoms with Crippen molar-refractivity contribution >= 4 is 5.96 Å². The van der Waals surface area contributed by atoms with E-state index in [1.165, 1.54) is 0 Å². The maximum absolute atomic E-state index is 10.7. The molecule has 0 aliphatic carbocycles. The molecule has 0 spiro atoms. The zero-order valence-corrected chi connectivity index (χ0v) is 16.5. The Morgan fingerprint density at radius 1 is 1.31 bits per heavy atom. The SMILES string of the molecule is CCNC(=NCC(C)(O)CN1CCOCC1)NCCc1c(C)noc1C. The molecule has 0 bridgehead atoms. The molecule has 0 aromatic carbocycles. The molecular weight excluding hydrogens is 334 g/mol. The molecule has 0 saturated carbocycles. The molecule has 1 aliphatic heterocycles. The number of aryl methyl sites for hydroxylation is 2. The van der Waals surface area contributed by atoms with Gasteiger partial charge in [0.1, 0.15) is 5.76 Å². The van der Waals surface area contributed by atoms with Gasteiger partial charge in [-0.05, 0) is 34.1 Å². The van der Waals surface area contributed by atoms with Gasteiger partial charge in [0.2, 0.25) is 0 Å². The number of rotatable bonds is 8. The largest absolute Gasteiger partial charge is 0.387 e.